The van der Waals surface area contributed by atoms with Crippen LogP contribution in [0.25, 0.3) is 0 Å². The Kier molecular flexibility index (Phi) is 5.14. The number of amides is 2. The highest BCUT2D eigenvalue weighted by Crippen LogP contribution is 2.48. The van der Waals surface area contributed by atoms with E-state index in [1.165, 1.54) is 0 Å². The predicted molar refractivity (Wildman–Crippen MR) is 94.7 cm³/mol. The minimum atomic E-state index is -0.947. The molecule has 2 aromatic carbocycles. The summed E-state index contributed by atoms with van der Waals surface area (Å²) in [6.07, 6.45) is 1.51. The first-order valence-electron chi connectivity index (χ1n) is 8.45. The van der Waals surface area contributed by atoms with Crippen LogP contribution in [0.5, 0.6) is 0 Å². The molecular formula is C20H22N2O3. The van der Waals surface area contributed by atoms with Crippen molar-refractivity contribution in [1.82, 2.24) is 10.6 Å². The number of benzene rings is 2. The summed E-state index contributed by atoms with van der Waals surface area (Å²) >= 11 is 0. The first-order chi connectivity index (χ1) is 12.2. The largest absolute Gasteiger partial charge is 0.394 e. The van der Waals surface area contributed by atoms with Crippen molar-refractivity contribution in [2.45, 2.75) is 30.8 Å². The van der Waals surface area contributed by atoms with Gasteiger partial charge < -0.3 is 15.7 Å². The standard InChI is InChI=1S/C20H22N2O3/c23-14-17(18(24)21-13-15-7-3-1-4-8-15)22-19(25)20(11-12-20)16-9-5-2-6-10-16/h1-10,17,23H,11-14H2,(H,21,24)(H,22,25). The second kappa shape index (κ2) is 7.49. The third kappa shape index (κ3) is 3.88. The van der Waals surface area contributed by atoms with E-state index in [1.807, 2.05) is 60.7 Å². The van der Waals surface area contributed by atoms with Crippen LogP contribution in [0.2, 0.25) is 0 Å². The van der Waals surface area contributed by atoms with E-state index in [0.29, 0.717) is 6.54 Å². The van der Waals surface area contributed by atoms with Crippen molar-refractivity contribution < 1.29 is 14.7 Å². The minimum absolute atomic E-state index is 0.201. The Labute approximate surface area is 147 Å². The maximum Gasteiger partial charge on any atom is 0.245 e. The summed E-state index contributed by atoms with van der Waals surface area (Å²) < 4.78 is 0. The van der Waals surface area contributed by atoms with Gasteiger partial charge in [-0.2, -0.15) is 0 Å². The molecule has 3 rings (SSSR count). The first-order valence-corrected chi connectivity index (χ1v) is 8.45. The molecule has 1 unspecified atom stereocenters. The Balaban J connectivity index is 1.60. The zero-order valence-electron chi connectivity index (χ0n) is 13.9. The number of rotatable bonds is 7. The number of hydrogen-bond acceptors (Lipinski definition) is 3. The summed E-state index contributed by atoms with van der Waals surface area (Å²) in [6.45, 7) is -0.0763. The molecule has 0 spiro atoms. The van der Waals surface area contributed by atoms with Crippen LogP contribution in [-0.2, 0) is 21.5 Å². The lowest BCUT2D eigenvalue weighted by atomic mass is 9.94. The van der Waals surface area contributed by atoms with Gasteiger partial charge in [0.05, 0.1) is 12.0 Å². The molecule has 130 valence electrons. The molecule has 1 aliphatic carbocycles. The molecule has 3 N–H and O–H groups in total. The van der Waals surface area contributed by atoms with Gasteiger partial charge in [-0.3, -0.25) is 9.59 Å². The van der Waals surface area contributed by atoms with E-state index in [1.54, 1.807) is 0 Å². The summed E-state index contributed by atoms with van der Waals surface area (Å²) in [5.41, 5.74) is 1.35. The minimum Gasteiger partial charge on any atom is -0.394 e. The number of carbonyl (C=O) groups is 2. The van der Waals surface area contributed by atoms with Gasteiger partial charge in [0.15, 0.2) is 0 Å². The third-order valence-electron chi connectivity index (χ3n) is 4.62. The molecule has 5 heteroatoms. The lowest BCUT2D eigenvalue weighted by molar-refractivity contribution is -0.131. The zero-order chi connectivity index (χ0) is 17.7. The highest BCUT2D eigenvalue weighted by Gasteiger charge is 2.51. The molecule has 1 fully saturated rings. The number of hydrogen-bond donors (Lipinski definition) is 3. The SMILES string of the molecule is O=C(NCc1ccccc1)C(CO)NC(=O)C1(c2ccccc2)CC1. The predicted octanol–water partition coefficient (Wildman–Crippen LogP) is 1.51. The van der Waals surface area contributed by atoms with Crippen LogP contribution in [0.1, 0.15) is 24.0 Å². The van der Waals surface area contributed by atoms with Crippen LogP contribution in [-0.4, -0.2) is 29.6 Å². The summed E-state index contributed by atoms with van der Waals surface area (Å²) in [4.78, 5) is 25.0. The van der Waals surface area contributed by atoms with Crippen LogP contribution in [0.4, 0.5) is 0 Å². The number of carbonyl (C=O) groups excluding carboxylic acids is 2. The topological polar surface area (TPSA) is 78.4 Å². The lowest BCUT2D eigenvalue weighted by Gasteiger charge is -2.21. The molecule has 0 bridgehead atoms. The van der Waals surface area contributed by atoms with E-state index in [9.17, 15) is 14.7 Å². The van der Waals surface area contributed by atoms with Gasteiger partial charge in [-0.1, -0.05) is 60.7 Å². The molecule has 0 radical (unpaired) electrons. The molecule has 0 heterocycles. The average Bonchev–Trinajstić information content (AvgIpc) is 3.47. The molecule has 1 aliphatic rings. The van der Waals surface area contributed by atoms with E-state index >= 15 is 0 Å². The Morgan fingerprint density at radius 1 is 1.00 bits per heavy atom. The normalized spacial score (nSPS) is 15.9. The molecule has 0 aromatic heterocycles. The van der Waals surface area contributed by atoms with E-state index in [-0.39, 0.29) is 11.8 Å². The smallest absolute Gasteiger partial charge is 0.245 e. The van der Waals surface area contributed by atoms with Crippen molar-refractivity contribution in [3.8, 4) is 0 Å². The molecule has 0 aliphatic heterocycles. The van der Waals surface area contributed by atoms with Gasteiger partial charge in [-0.25, -0.2) is 0 Å². The van der Waals surface area contributed by atoms with Gasteiger partial charge in [0, 0.05) is 6.54 Å². The summed E-state index contributed by atoms with van der Waals surface area (Å²) in [6, 6.07) is 18.1. The Bertz CT molecular complexity index is 727. The van der Waals surface area contributed by atoms with Crippen LogP contribution in [0.15, 0.2) is 60.7 Å². The maximum absolute atomic E-state index is 12.7. The van der Waals surface area contributed by atoms with Gasteiger partial charge in [0.1, 0.15) is 6.04 Å². The van der Waals surface area contributed by atoms with Crippen molar-refractivity contribution in [2.24, 2.45) is 0 Å². The highest BCUT2D eigenvalue weighted by molar-refractivity contribution is 5.95. The van der Waals surface area contributed by atoms with E-state index < -0.39 is 18.1 Å². The van der Waals surface area contributed by atoms with Crippen molar-refractivity contribution in [3.63, 3.8) is 0 Å². The Morgan fingerprint density at radius 2 is 1.60 bits per heavy atom. The van der Waals surface area contributed by atoms with E-state index in [4.69, 9.17) is 0 Å². The quantitative estimate of drug-likeness (QED) is 0.716. The molecule has 0 saturated heterocycles. The molecule has 2 aromatic rings. The Hall–Kier alpha value is -2.66. The third-order valence-corrected chi connectivity index (χ3v) is 4.62. The second-order valence-corrected chi connectivity index (χ2v) is 6.36. The molecule has 1 saturated carbocycles. The highest BCUT2D eigenvalue weighted by atomic mass is 16.3. The van der Waals surface area contributed by atoms with Gasteiger partial charge in [0.25, 0.3) is 0 Å². The Morgan fingerprint density at radius 3 is 2.16 bits per heavy atom. The number of aliphatic hydroxyl groups excluding tert-OH is 1. The fourth-order valence-electron chi connectivity index (χ4n) is 2.93. The van der Waals surface area contributed by atoms with Crippen LogP contribution in [0, 0.1) is 0 Å². The van der Waals surface area contributed by atoms with Crippen molar-refractivity contribution >= 4 is 11.8 Å². The zero-order valence-corrected chi connectivity index (χ0v) is 13.9. The maximum atomic E-state index is 12.7. The van der Waals surface area contributed by atoms with Crippen LogP contribution >= 0.6 is 0 Å². The molecule has 5 nitrogen and oxygen atoms in total. The summed E-state index contributed by atoms with van der Waals surface area (Å²) in [7, 11) is 0. The lowest BCUT2D eigenvalue weighted by Crippen LogP contribution is -2.51. The van der Waals surface area contributed by atoms with Crippen molar-refractivity contribution in [3.05, 3.63) is 71.8 Å². The van der Waals surface area contributed by atoms with E-state index in [0.717, 1.165) is 24.0 Å². The van der Waals surface area contributed by atoms with Gasteiger partial charge in [-0.15, -0.1) is 0 Å². The van der Waals surface area contributed by atoms with Gasteiger partial charge in [-0.05, 0) is 24.0 Å². The van der Waals surface area contributed by atoms with Gasteiger partial charge in [0.2, 0.25) is 11.8 Å². The van der Waals surface area contributed by atoms with Crippen LogP contribution in [0.3, 0.4) is 0 Å². The van der Waals surface area contributed by atoms with Crippen molar-refractivity contribution in [2.75, 3.05) is 6.61 Å². The fraction of sp³-hybridized carbons (Fsp3) is 0.300. The average molecular weight is 338 g/mol. The van der Waals surface area contributed by atoms with Crippen molar-refractivity contribution in [1.29, 1.82) is 0 Å². The van der Waals surface area contributed by atoms with Crippen LogP contribution < -0.4 is 10.6 Å². The monoisotopic (exact) mass is 338 g/mol. The molecule has 1 atom stereocenters. The second-order valence-electron chi connectivity index (χ2n) is 6.36. The van der Waals surface area contributed by atoms with E-state index in [2.05, 4.69) is 10.6 Å². The van der Waals surface area contributed by atoms with Gasteiger partial charge >= 0.3 is 0 Å². The fourth-order valence-corrected chi connectivity index (χ4v) is 2.93. The first kappa shape index (κ1) is 17.2. The molecular weight excluding hydrogens is 316 g/mol. The number of nitrogens with one attached hydrogen (secondary N) is 2. The number of aliphatic hydroxyl groups is 1. The molecule has 2 amide bonds. The summed E-state index contributed by atoms with van der Waals surface area (Å²) in [5, 5.41) is 15.0. The summed E-state index contributed by atoms with van der Waals surface area (Å²) in [5.74, 6) is -0.587. The molecule has 25 heavy (non-hydrogen) atoms.